The number of carboxylic acids is 1. The highest BCUT2D eigenvalue weighted by molar-refractivity contribution is 5.87. The molecule has 1 aliphatic carbocycles. The molecule has 7 nitrogen and oxygen atoms in total. The number of carboxylic acid groups (broad SMARTS) is 1. The first-order valence-corrected chi connectivity index (χ1v) is 6.75. The van der Waals surface area contributed by atoms with E-state index in [2.05, 4.69) is 16.0 Å². The van der Waals surface area contributed by atoms with Gasteiger partial charge in [-0.1, -0.05) is 12.8 Å². The highest BCUT2D eigenvalue weighted by Gasteiger charge is 2.42. The fourth-order valence-corrected chi connectivity index (χ4v) is 2.35. The Bertz CT molecular complexity index is 400. The summed E-state index contributed by atoms with van der Waals surface area (Å²) in [7, 11) is 1.53. The molecule has 0 radical (unpaired) electrons. The second kappa shape index (κ2) is 6.11. The Hall–Kier alpha value is -1.79. The largest absolute Gasteiger partial charge is 0.480 e. The predicted molar refractivity (Wildman–Crippen MR) is 73.2 cm³/mol. The van der Waals surface area contributed by atoms with Crippen molar-refractivity contribution in [1.29, 1.82) is 0 Å². The van der Waals surface area contributed by atoms with Crippen molar-refractivity contribution in [3.05, 3.63) is 0 Å². The van der Waals surface area contributed by atoms with Crippen LogP contribution in [0.25, 0.3) is 0 Å². The van der Waals surface area contributed by atoms with Crippen molar-refractivity contribution in [2.45, 2.75) is 45.1 Å². The van der Waals surface area contributed by atoms with Gasteiger partial charge in [0.1, 0.15) is 5.54 Å². The number of urea groups is 1. The van der Waals surface area contributed by atoms with E-state index in [4.69, 9.17) is 0 Å². The lowest BCUT2D eigenvalue weighted by Gasteiger charge is -2.27. The molecule has 1 fully saturated rings. The zero-order valence-electron chi connectivity index (χ0n) is 12.2. The van der Waals surface area contributed by atoms with Gasteiger partial charge in [-0.25, -0.2) is 9.59 Å². The summed E-state index contributed by atoms with van der Waals surface area (Å²) >= 11 is 0. The van der Waals surface area contributed by atoms with Crippen molar-refractivity contribution in [1.82, 2.24) is 16.0 Å². The first kappa shape index (κ1) is 16.3. The Balaban J connectivity index is 2.55. The standard InChI is InChI=1S/C13H23N3O4/c1-12(2,9(17)14-3)8-15-11(20)16-13(10(18)19)6-4-5-7-13/h4-8H2,1-3H3,(H,14,17)(H,18,19)(H2,15,16,20). The molecule has 0 aromatic rings. The molecule has 1 saturated carbocycles. The molecule has 0 saturated heterocycles. The molecule has 0 aromatic heterocycles. The minimum absolute atomic E-state index is 0.133. The zero-order chi connectivity index (χ0) is 15.4. The van der Waals surface area contributed by atoms with E-state index in [0.717, 1.165) is 12.8 Å². The van der Waals surface area contributed by atoms with Gasteiger partial charge < -0.3 is 21.1 Å². The highest BCUT2D eigenvalue weighted by Crippen LogP contribution is 2.29. The number of hydrogen-bond acceptors (Lipinski definition) is 3. The highest BCUT2D eigenvalue weighted by atomic mass is 16.4. The number of carbonyl (C=O) groups is 3. The van der Waals surface area contributed by atoms with Crippen LogP contribution < -0.4 is 16.0 Å². The van der Waals surface area contributed by atoms with E-state index in [9.17, 15) is 19.5 Å². The number of nitrogens with one attached hydrogen (secondary N) is 3. The third kappa shape index (κ3) is 3.61. The summed E-state index contributed by atoms with van der Waals surface area (Å²) in [4.78, 5) is 34.7. The van der Waals surface area contributed by atoms with E-state index >= 15 is 0 Å². The minimum Gasteiger partial charge on any atom is -0.480 e. The van der Waals surface area contributed by atoms with Gasteiger partial charge in [0.2, 0.25) is 5.91 Å². The normalized spacial score (nSPS) is 17.4. The lowest BCUT2D eigenvalue weighted by molar-refractivity contribution is -0.144. The maximum absolute atomic E-state index is 11.8. The first-order chi connectivity index (χ1) is 9.23. The van der Waals surface area contributed by atoms with Gasteiger partial charge in [-0.05, 0) is 26.7 Å². The van der Waals surface area contributed by atoms with E-state index in [-0.39, 0.29) is 12.5 Å². The van der Waals surface area contributed by atoms with E-state index < -0.39 is 23.0 Å². The van der Waals surface area contributed by atoms with Crippen LogP contribution in [0.15, 0.2) is 0 Å². The number of hydrogen-bond donors (Lipinski definition) is 4. The van der Waals surface area contributed by atoms with Crippen molar-refractivity contribution in [3.8, 4) is 0 Å². The molecular weight excluding hydrogens is 262 g/mol. The lowest BCUT2D eigenvalue weighted by Crippen LogP contribution is -2.57. The molecule has 3 amide bonds. The van der Waals surface area contributed by atoms with Crippen LogP contribution in [0.3, 0.4) is 0 Å². The number of rotatable bonds is 5. The monoisotopic (exact) mass is 285 g/mol. The molecule has 1 aliphatic rings. The van der Waals surface area contributed by atoms with Gasteiger partial charge >= 0.3 is 12.0 Å². The fraction of sp³-hybridized carbons (Fsp3) is 0.769. The second-order valence-corrected chi connectivity index (χ2v) is 5.87. The van der Waals surface area contributed by atoms with Crippen LogP contribution in [0.1, 0.15) is 39.5 Å². The molecule has 114 valence electrons. The Morgan fingerprint density at radius 2 is 1.75 bits per heavy atom. The molecule has 20 heavy (non-hydrogen) atoms. The van der Waals surface area contributed by atoms with E-state index in [0.29, 0.717) is 12.8 Å². The summed E-state index contributed by atoms with van der Waals surface area (Å²) in [5.41, 5.74) is -1.92. The fourth-order valence-electron chi connectivity index (χ4n) is 2.35. The maximum atomic E-state index is 11.8. The van der Waals surface area contributed by atoms with E-state index in [1.807, 2.05) is 0 Å². The molecule has 0 unspecified atom stereocenters. The SMILES string of the molecule is CNC(=O)C(C)(C)CNC(=O)NC1(C(=O)O)CCCC1. The molecular formula is C13H23N3O4. The topological polar surface area (TPSA) is 108 Å². The molecule has 0 atom stereocenters. The average Bonchev–Trinajstić information content (AvgIpc) is 2.85. The van der Waals surface area contributed by atoms with E-state index in [1.54, 1.807) is 13.8 Å². The molecule has 0 aliphatic heterocycles. The van der Waals surface area contributed by atoms with Gasteiger partial charge in [0.15, 0.2) is 0 Å². The van der Waals surface area contributed by atoms with Crippen LogP contribution in [0.2, 0.25) is 0 Å². The Labute approximate surface area is 118 Å². The Kier molecular flexibility index (Phi) is 4.97. The quantitative estimate of drug-likeness (QED) is 0.588. The summed E-state index contributed by atoms with van der Waals surface area (Å²) in [6, 6.07) is -0.550. The summed E-state index contributed by atoms with van der Waals surface area (Å²) in [6.07, 6.45) is 2.45. The molecule has 1 rings (SSSR count). The molecule has 0 heterocycles. The van der Waals surface area contributed by atoms with Gasteiger partial charge in [0, 0.05) is 13.6 Å². The van der Waals surface area contributed by atoms with E-state index in [1.165, 1.54) is 7.05 Å². The van der Waals surface area contributed by atoms with Gasteiger partial charge in [-0.15, -0.1) is 0 Å². The molecule has 0 aromatic carbocycles. The predicted octanol–water partition coefficient (Wildman–Crippen LogP) is 0.455. The lowest BCUT2D eigenvalue weighted by atomic mass is 9.92. The molecule has 7 heteroatoms. The third-order valence-corrected chi connectivity index (χ3v) is 3.75. The maximum Gasteiger partial charge on any atom is 0.329 e. The van der Waals surface area contributed by atoms with Crippen molar-refractivity contribution < 1.29 is 19.5 Å². The van der Waals surface area contributed by atoms with Gasteiger partial charge in [0.25, 0.3) is 0 Å². The summed E-state index contributed by atoms with van der Waals surface area (Å²) in [5, 5.41) is 16.9. The Morgan fingerprint density at radius 3 is 2.20 bits per heavy atom. The zero-order valence-corrected chi connectivity index (χ0v) is 12.2. The number of amides is 3. The molecule has 4 N–H and O–H groups in total. The van der Waals surface area contributed by atoms with Crippen LogP contribution in [0, 0.1) is 5.41 Å². The van der Waals surface area contributed by atoms with Gasteiger partial charge in [-0.3, -0.25) is 4.79 Å². The third-order valence-electron chi connectivity index (χ3n) is 3.75. The van der Waals surface area contributed by atoms with Crippen molar-refractivity contribution >= 4 is 17.9 Å². The number of aliphatic carboxylic acids is 1. The first-order valence-electron chi connectivity index (χ1n) is 6.75. The molecule has 0 bridgehead atoms. The molecule has 0 spiro atoms. The van der Waals surface area contributed by atoms with Crippen LogP contribution in [0.4, 0.5) is 4.79 Å². The Morgan fingerprint density at radius 1 is 1.20 bits per heavy atom. The average molecular weight is 285 g/mol. The summed E-state index contributed by atoms with van der Waals surface area (Å²) in [6.45, 7) is 3.54. The van der Waals surface area contributed by atoms with Crippen LogP contribution in [-0.2, 0) is 9.59 Å². The van der Waals surface area contributed by atoms with Gasteiger partial charge in [0.05, 0.1) is 5.41 Å². The van der Waals surface area contributed by atoms with Crippen LogP contribution in [-0.4, -0.2) is 42.1 Å². The summed E-state index contributed by atoms with van der Waals surface area (Å²) in [5.74, 6) is -1.19. The van der Waals surface area contributed by atoms with Crippen LogP contribution >= 0.6 is 0 Å². The van der Waals surface area contributed by atoms with Crippen molar-refractivity contribution in [3.63, 3.8) is 0 Å². The second-order valence-electron chi connectivity index (χ2n) is 5.87. The smallest absolute Gasteiger partial charge is 0.329 e. The van der Waals surface area contributed by atoms with Crippen LogP contribution in [0.5, 0.6) is 0 Å². The number of carbonyl (C=O) groups excluding carboxylic acids is 2. The van der Waals surface area contributed by atoms with Gasteiger partial charge in [-0.2, -0.15) is 0 Å². The van der Waals surface area contributed by atoms with Crippen molar-refractivity contribution in [2.24, 2.45) is 5.41 Å². The minimum atomic E-state index is -1.17. The summed E-state index contributed by atoms with van der Waals surface area (Å²) < 4.78 is 0. The van der Waals surface area contributed by atoms with Crippen molar-refractivity contribution in [2.75, 3.05) is 13.6 Å².